The first kappa shape index (κ1) is 31.6. The van der Waals surface area contributed by atoms with Gasteiger partial charge in [-0.05, 0) is 61.2 Å². The summed E-state index contributed by atoms with van der Waals surface area (Å²) in [5, 5.41) is 2.96. The Balaban J connectivity index is 1.26. The fourth-order valence-corrected chi connectivity index (χ4v) is 6.04. The lowest BCUT2D eigenvalue weighted by molar-refractivity contribution is -0.142. The minimum absolute atomic E-state index is 0.0552. The van der Waals surface area contributed by atoms with E-state index in [1.54, 1.807) is 9.80 Å². The van der Waals surface area contributed by atoms with Gasteiger partial charge in [-0.2, -0.15) is 13.2 Å². The standard InChI is InChI=1S/C31H37F4N5O4/c1-37-12-14-38(15-13-37)28(41)27(19-21-16-22(20-32)18-24(17-21)31(33,34)35)44-30(43)39-9-7-25(8-10-39)40-11-6-23-4-2-3-5-26(23)36-29(40)42/h2-5,16-18,25,27H,6-15,19-20H2,1H3,(H,36,42)/t27-/m1/s1. The Hall–Kier alpha value is -3.87. The fourth-order valence-electron chi connectivity index (χ4n) is 6.04. The van der Waals surface area contributed by atoms with Crippen molar-refractivity contribution >= 4 is 23.7 Å². The molecule has 0 saturated carbocycles. The maximum atomic E-state index is 13.5. The number of nitrogens with zero attached hydrogens (tertiary/aromatic N) is 4. The zero-order chi connectivity index (χ0) is 31.4. The third kappa shape index (κ3) is 7.43. The molecule has 3 aliphatic rings. The summed E-state index contributed by atoms with van der Waals surface area (Å²) in [7, 11) is 1.91. The van der Waals surface area contributed by atoms with Crippen molar-refractivity contribution in [2.45, 2.75) is 50.7 Å². The van der Waals surface area contributed by atoms with Crippen LogP contribution in [0.15, 0.2) is 42.5 Å². The van der Waals surface area contributed by atoms with Crippen LogP contribution in [0.4, 0.5) is 32.8 Å². The van der Waals surface area contributed by atoms with Gasteiger partial charge in [0, 0.05) is 64.0 Å². The molecular weight excluding hydrogens is 582 g/mol. The molecule has 2 saturated heterocycles. The van der Waals surface area contributed by atoms with Crippen molar-refractivity contribution in [3.63, 3.8) is 0 Å². The number of urea groups is 1. The van der Waals surface area contributed by atoms with Gasteiger partial charge in [0.1, 0.15) is 6.67 Å². The van der Waals surface area contributed by atoms with Crippen LogP contribution < -0.4 is 5.32 Å². The molecule has 1 N–H and O–H groups in total. The highest BCUT2D eigenvalue weighted by Crippen LogP contribution is 2.32. The molecule has 1 atom stereocenters. The van der Waals surface area contributed by atoms with Crippen LogP contribution in [0.3, 0.4) is 0 Å². The van der Waals surface area contributed by atoms with E-state index in [0.717, 1.165) is 23.4 Å². The second-order valence-electron chi connectivity index (χ2n) is 11.6. The summed E-state index contributed by atoms with van der Waals surface area (Å²) >= 11 is 0. The van der Waals surface area contributed by atoms with Gasteiger partial charge in [-0.3, -0.25) is 4.79 Å². The van der Waals surface area contributed by atoms with Gasteiger partial charge in [-0.25, -0.2) is 14.0 Å². The van der Waals surface area contributed by atoms with Crippen LogP contribution in [0.1, 0.15) is 35.1 Å². The third-order valence-corrected chi connectivity index (χ3v) is 8.59. The normalized spacial score (nSPS) is 19.2. The van der Waals surface area contributed by atoms with Crippen molar-refractivity contribution < 1.29 is 36.7 Å². The number of ether oxygens (including phenoxy) is 1. The van der Waals surface area contributed by atoms with Crippen molar-refractivity contribution in [1.82, 2.24) is 19.6 Å². The molecule has 4 amide bonds. The van der Waals surface area contributed by atoms with Gasteiger partial charge in [0.25, 0.3) is 5.91 Å². The Morgan fingerprint density at radius 1 is 0.955 bits per heavy atom. The van der Waals surface area contributed by atoms with Crippen LogP contribution in [0, 0.1) is 0 Å². The molecule has 3 aliphatic heterocycles. The summed E-state index contributed by atoms with van der Waals surface area (Å²) in [6, 6.07) is 10.2. The Labute approximate surface area is 253 Å². The molecule has 3 heterocycles. The highest BCUT2D eigenvalue weighted by atomic mass is 19.4. The van der Waals surface area contributed by atoms with E-state index >= 15 is 0 Å². The minimum Gasteiger partial charge on any atom is -0.436 e. The number of nitrogens with one attached hydrogen (secondary N) is 1. The van der Waals surface area contributed by atoms with Crippen molar-refractivity contribution in [1.29, 1.82) is 0 Å². The molecule has 9 nitrogen and oxygen atoms in total. The number of halogens is 4. The monoisotopic (exact) mass is 619 g/mol. The number of likely N-dealkylation sites (tertiary alicyclic amines) is 1. The van der Waals surface area contributed by atoms with E-state index in [1.165, 1.54) is 11.0 Å². The quantitative estimate of drug-likeness (QED) is 0.480. The molecule has 0 radical (unpaired) electrons. The number of fused-ring (bicyclic) bond motifs is 1. The lowest BCUT2D eigenvalue weighted by Gasteiger charge is -2.38. The highest BCUT2D eigenvalue weighted by Gasteiger charge is 2.36. The SMILES string of the molecule is CN1CCN(C(=O)[C@@H](Cc2cc(CF)cc(C(F)(F)F)c2)OC(=O)N2CCC(N3CCc4ccccc4NC3=O)CC2)CC1. The number of amides is 4. The number of piperidine rings is 1. The first-order valence-electron chi connectivity index (χ1n) is 14.9. The van der Waals surface area contributed by atoms with Crippen molar-refractivity contribution in [2.75, 3.05) is 58.2 Å². The van der Waals surface area contributed by atoms with Crippen LogP contribution >= 0.6 is 0 Å². The van der Waals surface area contributed by atoms with Gasteiger partial charge >= 0.3 is 18.3 Å². The molecule has 13 heteroatoms. The number of likely N-dealkylation sites (N-methyl/N-ethyl adjacent to an activating group) is 1. The zero-order valence-electron chi connectivity index (χ0n) is 24.6. The Morgan fingerprint density at radius 2 is 1.64 bits per heavy atom. The molecule has 2 fully saturated rings. The molecule has 0 unspecified atom stereocenters. The minimum atomic E-state index is -4.70. The Morgan fingerprint density at radius 3 is 2.32 bits per heavy atom. The first-order valence-corrected chi connectivity index (χ1v) is 14.9. The van der Waals surface area contributed by atoms with Crippen LogP contribution in [0.25, 0.3) is 0 Å². The molecule has 2 aromatic rings. The van der Waals surface area contributed by atoms with Crippen LogP contribution in [0.5, 0.6) is 0 Å². The van der Waals surface area contributed by atoms with Crippen LogP contribution in [-0.2, 0) is 35.2 Å². The first-order chi connectivity index (χ1) is 21.0. The van der Waals surface area contributed by atoms with E-state index in [-0.39, 0.29) is 42.7 Å². The predicted molar refractivity (Wildman–Crippen MR) is 155 cm³/mol. The average molecular weight is 620 g/mol. The zero-order valence-corrected chi connectivity index (χ0v) is 24.6. The van der Waals surface area contributed by atoms with Gasteiger partial charge < -0.3 is 29.7 Å². The number of anilines is 1. The Bertz CT molecular complexity index is 1360. The van der Waals surface area contributed by atoms with Crippen molar-refractivity contribution in [3.05, 3.63) is 64.7 Å². The second-order valence-corrected chi connectivity index (χ2v) is 11.6. The van der Waals surface area contributed by atoms with Gasteiger partial charge in [0.15, 0.2) is 6.10 Å². The second kappa shape index (κ2) is 13.4. The van der Waals surface area contributed by atoms with E-state index in [1.807, 2.05) is 36.2 Å². The van der Waals surface area contributed by atoms with E-state index < -0.39 is 36.5 Å². The molecule has 0 bridgehead atoms. The van der Waals surface area contributed by atoms with E-state index in [9.17, 15) is 31.9 Å². The van der Waals surface area contributed by atoms with E-state index in [0.29, 0.717) is 52.0 Å². The smallest absolute Gasteiger partial charge is 0.416 e. The largest absolute Gasteiger partial charge is 0.436 e. The summed E-state index contributed by atoms with van der Waals surface area (Å²) in [6.07, 6.45) is -5.44. The van der Waals surface area contributed by atoms with Gasteiger partial charge in [-0.1, -0.05) is 24.3 Å². The number of hydrogen-bond acceptors (Lipinski definition) is 5. The van der Waals surface area contributed by atoms with Gasteiger partial charge in [0.2, 0.25) is 0 Å². The number of carbonyl (C=O) groups excluding carboxylic acids is 3. The topological polar surface area (TPSA) is 85.4 Å². The molecule has 44 heavy (non-hydrogen) atoms. The number of piperazine rings is 1. The lowest BCUT2D eigenvalue weighted by atomic mass is 10.0. The molecule has 238 valence electrons. The summed E-state index contributed by atoms with van der Waals surface area (Å²) in [4.78, 5) is 46.7. The maximum absolute atomic E-state index is 13.5. The van der Waals surface area contributed by atoms with Crippen LogP contribution in [0.2, 0.25) is 0 Å². The maximum Gasteiger partial charge on any atom is 0.416 e. The number of alkyl halides is 4. The molecule has 0 aliphatic carbocycles. The number of benzene rings is 2. The Kier molecular flexibility index (Phi) is 9.62. The predicted octanol–water partition coefficient (Wildman–Crippen LogP) is 4.55. The van der Waals surface area contributed by atoms with Gasteiger partial charge in [-0.15, -0.1) is 0 Å². The van der Waals surface area contributed by atoms with Crippen molar-refractivity contribution in [3.8, 4) is 0 Å². The molecule has 0 aromatic heterocycles. The molecule has 5 rings (SSSR count). The van der Waals surface area contributed by atoms with E-state index in [4.69, 9.17) is 4.74 Å². The summed E-state index contributed by atoms with van der Waals surface area (Å²) in [5.41, 5.74) is 0.702. The molecule has 2 aromatic carbocycles. The average Bonchev–Trinajstić information content (AvgIpc) is 3.18. The molecular formula is C31H37F4N5O4. The number of rotatable bonds is 6. The number of hydrogen-bond donors (Lipinski definition) is 1. The van der Waals surface area contributed by atoms with E-state index in [2.05, 4.69) is 5.32 Å². The van der Waals surface area contributed by atoms with Crippen molar-refractivity contribution in [2.24, 2.45) is 0 Å². The summed E-state index contributed by atoms with van der Waals surface area (Å²) < 4.78 is 59.7. The molecule has 0 spiro atoms. The number of carbonyl (C=O) groups is 3. The lowest BCUT2D eigenvalue weighted by Crippen LogP contribution is -2.53. The highest BCUT2D eigenvalue weighted by molar-refractivity contribution is 5.91. The summed E-state index contributed by atoms with van der Waals surface area (Å²) in [5.74, 6) is -0.499. The fraction of sp³-hybridized carbons (Fsp3) is 0.516. The van der Waals surface area contributed by atoms with Gasteiger partial charge in [0.05, 0.1) is 5.56 Å². The number of para-hydroxylation sites is 1. The summed E-state index contributed by atoms with van der Waals surface area (Å²) in [6.45, 7) is 1.97. The third-order valence-electron chi connectivity index (χ3n) is 8.59. The van der Waals surface area contributed by atoms with Crippen LogP contribution in [-0.4, -0.2) is 103 Å².